The van der Waals surface area contributed by atoms with E-state index in [0.29, 0.717) is 0 Å². The predicted molar refractivity (Wildman–Crippen MR) is 21.0 cm³/mol. The molecule has 0 aliphatic heterocycles. The molecule has 0 saturated heterocycles. The van der Waals surface area contributed by atoms with Crippen molar-refractivity contribution in [1.82, 2.24) is 0 Å². The minimum atomic E-state index is -5.39. The first-order valence-corrected chi connectivity index (χ1v) is 4.38. The Hall–Kier alpha value is 1.86. The molecule has 0 N–H and O–H groups in total. The zero-order chi connectivity index (χ0) is 9.00. The molecule has 0 rings (SSSR count). The van der Waals surface area contributed by atoms with Gasteiger partial charge in [0.15, 0.2) is 0 Å². The van der Waals surface area contributed by atoms with E-state index in [9.17, 15) is 0 Å². The molecule has 0 unspecified atom stereocenters. The van der Waals surface area contributed by atoms with Crippen molar-refractivity contribution in [2.45, 2.75) is 0 Å². The summed E-state index contributed by atoms with van der Waals surface area (Å²) in [7, 11) is -10.8. The molecule has 8 nitrogen and oxygen atoms in total. The first kappa shape index (κ1) is 23.6. The number of hydrogen-bond donors (Lipinski definition) is 0. The van der Waals surface area contributed by atoms with Gasteiger partial charge in [0.2, 0.25) is 0 Å². The minimum Gasteiger partial charge on any atom is -0.822 e. The summed E-state index contributed by atoms with van der Waals surface area (Å²) in [5, 5.41) is 0. The third-order valence-corrected chi connectivity index (χ3v) is 0. The van der Waals surface area contributed by atoms with Gasteiger partial charge in [0, 0.05) is 0 Å². The average molecular weight is 306 g/mol. The van der Waals surface area contributed by atoms with E-state index in [1.807, 2.05) is 0 Å². The van der Waals surface area contributed by atoms with Gasteiger partial charge < -0.3 is 38.5 Å². The van der Waals surface area contributed by atoms with Crippen LogP contribution in [0.1, 0.15) is 0 Å². The molecule has 0 aromatic rings. The van der Waals surface area contributed by atoms with Crippen molar-refractivity contribution in [2.75, 3.05) is 0 Å². The van der Waals surface area contributed by atoms with Gasteiger partial charge in [-0.3, -0.25) is 0 Å². The molecule has 0 aromatic heterocycles. The summed E-state index contributed by atoms with van der Waals surface area (Å²) in [5.41, 5.74) is 0. The van der Waals surface area contributed by atoms with Gasteiger partial charge >= 0.3 is 50.1 Å². The van der Waals surface area contributed by atoms with E-state index in [0.717, 1.165) is 0 Å². The van der Waals surface area contributed by atoms with E-state index >= 15 is 0 Å². The zero-order valence-corrected chi connectivity index (χ0v) is 11.1. The maximum absolute atomic E-state index is 8.55. The van der Waals surface area contributed by atoms with Crippen LogP contribution in [0.2, 0.25) is 0 Å². The second-order valence-corrected chi connectivity index (χ2v) is 2.68. The SMILES string of the molecule is O=P([O-])([O-])[O-].O=P([O-])([O-])[O-].[Al+3].[Y+3]. The molecular formula is AlO8P2Y. The molecule has 0 aromatic carbocycles. The van der Waals surface area contributed by atoms with Crippen molar-refractivity contribution in [3.05, 3.63) is 0 Å². The van der Waals surface area contributed by atoms with Crippen molar-refractivity contribution in [3.8, 4) is 0 Å². The van der Waals surface area contributed by atoms with Crippen LogP contribution >= 0.6 is 15.6 Å². The van der Waals surface area contributed by atoms with Gasteiger partial charge in [-0.05, 0) is 0 Å². The van der Waals surface area contributed by atoms with Crippen LogP contribution in [0, 0.1) is 0 Å². The Morgan fingerprint density at radius 3 is 0.667 bits per heavy atom. The van der Waals surface area contributed by atoms with E-state index in [4.69, 9.17) is 38.5 Å². The minimum absolute atomic E-state index is 0. The molecule has 0 spiro atoms. The number of hydrogen-bond acceptors (Lipinski definition) is 8. The molecule has 0 amide bonds. The Bertz CT molecular complexity index is 129. The van der Waals surface area contributed by atoms with E-state index in [1.165, 1.54) is 0 Å². The fourth-order valence-electron chi connectivity index (χ4n) is 0. The van der Waals surface area contributed by atoms with Crippen molar-refractivity contribution in [1.29, 1.82) is 0 Å². The van der Waals surface area contributed by atoms with Crippen molar-refractivity contribution >= 4 is 33.0 Å². The first-order chi connectivity index (χ1) is 4.00. The van der Waals surface area contributed by atoms with E-state index < -0.39 is 15.6 Å². The molecule has 64 valence electrons. The van der Waals surface area contributed by atoms with Crippen molar-refractivity contribution in [3.63, 3.8) is 0 Å². The summed E-state index contributed by atoms with van der Waals surface area (Å²) in [6.45, 7) is 0. The number of phosphoric acid groups is 2. The van der Waals surface area contributed by atoms with Crippen LogP contribution in [0.4, 0.5) is 0 Å². The molecule has 0 fully saturated rings. The second-order valence-electron chi connectivity index (χ2n) is 0.894. The Balaban J connectivity index is -0.0000000457. The van der Waals surface area contributed by atoms with Crippen LogP contribution in [0.5, 0.6) is 0 Å². The Kier molecular flexibility index (Phi) is 18.5. The molecule has 0 atom stereocenters. The van der Waals surface area contributed by atoms with Gasteiger partial charge in [0.25, 0.3) is 0 Å². The molecule has 0 saturated carbocycles. The standard InChI is InChI=1S/Al.2H3O4P.Y/c;2*1-5(2,3)4;/h;2*(H3,1,2,3,4);/q+3;;;+3/p-6. The largest absolute Gasteiger partial charge is 3.00 e. The Morgan fingerprint density at radius 1 is 0.667 bits per heavy atom. The fourth-order valence-corrected chi connectivity index (χ4v) is 0. The zero-order valence-electron chi connectivity index (χ0n) is 5.32. The second kappa shape index (κ2) is 9.41. The van der Waals surface area contributed by atoms with Crippen LogP contribution in [0.15, 0.2) is 0 Å². The van der Waals surface area contributed by atoms with E-state index in [-0.39, 0.29) is 50.1 Å². The van der Waals surface area contributed by atoms with Gasteiger partial charge in [0.05, 0.1) is 0 Å². The maximum Gasteiger partial charge on any atom is 3.00 e. The quantitative estimate of drug-likeness (QED) is 0.314. The predicted octanol–water partition coefficient (Wildman–Crippen LogP) is -6.03. The number of rotatable bonds is 0. The van der Waals surface area contributed by atoms with Crippen LogP contribution in [-0.2, 0) is 41.8 Å². The van der Waals surface area contributed by atoms with Crippen molar-refractivity contribution < 1.29 is 71.2 Å². The molecule has 0 radical (unpaired) electrons. The molecule has 0 aliphatic carbocycles. The van der Waals surface area contributed by atoms with Crippen LogP contribution in [0.3, 0.4) is 0 Å². The monoisotopic (exact) mass is 306 g/mol. The Morgan fingerprint density at radius 2 is 0.667 bits per heavy atom. The Labute approximate surface area is 104 Å². The van der Waals surface area contributed by atoms with Gasteiger partial charge in [0.1, 0.15) is 0 Å². The third kappa shape index (κ3) is 406. The van der Waals surface area contributed by atoms with Gasteiger partial charge in [-0.25, -0.2) is 0 Å². The molecule has 12 heteroatoms. The summed E-state index contributed by atoms with van der Waals surface area (Å²) in [5.74, 6) is 0. The molecule has 0 aliphatic rings. The topological polar surface area (TPSA) is 172 Å². The first-order valence-electron chi connectivity index (χ1n) is 1.46. The average Bonchev–Trinajstić information content (AvgIpc) is 1.12. The fraction of sp³-hybridized carbons (Fsp3) is 0. The van der Waals surface area contributed by atoms with Crippen LogP contribution in [0.25, 0.3) is 0 Å². The summed E-state index contributed by atoms with van der Waals surface area (Å²) >= 11 is 0. The normalized spacial score (nSPS) is 9.83. The van der Waals surface area contributed by atoms with Gasteiger partial charge in [-0.15, -0.1) is 0 Å². The summed E-state index contributed by atoms with van der Waals surface area (Å²) in [4.78, 5) is 51.3. The summed E-state index contributed by atoms with van der Waals surface area (Å²) in [6.07, 6.45) is 0. The van der Waals surface area contributed by atoms with E-state index in [2.05, 4.69) is 0 Å². The van der Waals surface area contributed by atoms with Crippen LogP contribution < -0.4 is 29.4 Å². The van der Waals surface area contributed by atoms with Gasteiger partial charge in [-0.1, -0.05) is 0 Å². The smallest absolute Gasteiger partial charge is 0.822 e. The van der Waals surface area contributed by atoms with E-state index in [1.54, 1.807) is 0 Å². The molecule has 0 heterocycles. The van der Waals surface area contributed by atoms with Gasteiger partial charge in [-0.2, -0.15) is 15.6 Å². The third-order valence-electron chi connectivity index (χ3n) is 0. The van der Waals surface area contributed by atoms with Crippen LogP contribution in [-0.4, -0.2) is 17.4 Å². The molecule has 0 bridgehead atoms. The molecule has 12 heavy (non-hydrogen) atoms. The molecular weight excluding hydrogens is 306 g/mol. The summed E-state index contributed by atoms with van der Waals surface area (Å²) < 4.78 is 17.1. The summed E-state index contributed by atoms with van der Waals surface area (Å²) in [6, 6.07) is 0. The van der Waals surface area contributed by atoms with Crippen molar-refractivity contribution in [2.24, 2.45) is 0 Å². The maximum atomic E-state index is 8.55.